The smallest absolute Gasteiger partial charge is 0.338 e. The topological polar surface area (TPSA) is 58.6 Å². The minimum Gasteiger partial charge on any atom is -0.478 e. The largest absolute Gasteiger partial charge is 0.478 e. The molecule has 0 aliphatic heterocycles. The molecule has 15 heavy (non-hydrogen) atoms. The van der Waals surface area contributed by atoms with Crippen LogP contribution < -0.4 is 5.48 Å². The van der Waals surface area contributed by atoms with E-state index in [0.29, 0.717) is 6.07 Å². The van der Waals surface area contributed by atoms with E-state index in [1.807, 2.05) is 0 Å². The van der Waals surface area contributed by atoms with Crippen LogP contribution in [0, 0.1) is 11.6 Å². The number of nitrogens with one attached hydrogen (secondary N) is 1. The predicted octanol–water partition coefficient (Wildman–Crippen LogP) is 1.31. The van der Waals surface area contributed by atoms with Gasteiger partial charge < -0.3 is 9.94 Å². The van der Waals surface area contributed by atoms with Crippen LogP contribution in [0.2, 0.25) is 0 Å². The minimum absolute atomic E-state index is 0.0238. The van der Waals surface area contributed by atoms with Gasteiger partial charge in [0.25, 0.3) is 0 Å². The summed E-state index contributed by atoms with van der Waals surface area (Å²) in [5.74, 6) is -3.35. The number of hydroxylamine groups is 1. The van der Waals surface area contributed by atoms with Gasteiger partial charge in [0, 0.05) is 18.2 Å². The summed E-state index contributed by atoms with van der Waals surface area (Å²) < 4.78 is 26.0. The van der Waals surface area contributed by atoms with E-state index >= 15 is 0 Å². The highest BCUT2D eigenvalue weighted by Gasteiger charge is 2.14. The van der Waals surface area contributed by atoms with E-state index in [4.69, 9.17) is 5.11 Å². The Bertz CT molecular complexity index is 382. The van der Waals surface area contributed by atoms with Crippen LogP contribution in [0.15, 0.2) is 12.1 Å². The van der Waals surface area contributed by atoms with Crippen molar-refractivity contribution in [2.75, 3.05) is 7.11 Å². The third kappa shape index (κ3) is 2.71. The van der Waals surface area contributed by atoms with Crippen LogP contribution in [0.5, 0.6) is 0 Å². The number of carbonyl (C=O) groups is 1. The van der Waals surface area contributed by atoms with Gasteiger partial charge in [0.2, 0.25) is 0 Å². The van der Waals surface area contributed by atoms with Gasteiger partial charge in [-0.1, -0.05) is 0 Å². The Morgan fingerprint density at radius 2 is 2.13 bits per heavy atom. The van der Waals surface area contributed by atoms with Crippen molar-refractivity contribution in [2.45, 2.75) is 6.54 Å². The summed E-state index contributed by atoms with van der Waals surface area (Å²) in [5.41, 5.74) is 1.79. The number of aromatic carboxylic acids is 1. The number of carboxylic acid groups (broad SMARTS) is 1. The molecule has 0 heterocycles. The molecule has 0 aromatic heterocycles. The van der Waals surface area contributed by atoms with Gasteiger partial charge in [-0.15, -0.1) is 0 Å². The standard InChI is InChI=1S/C9H9F2NO3/c1-15-12-4-5-2-6(9(13)14)8(11)3-7(5)10/h2-3,12H,4H2,1H3,(H,13,14). The predicted molar refractivity (Wildman–Crippen MR) is 47.2 cm³/mol. The molecule has 0 amide bonds. The van der Waals surface area contributed by atoms with Crippen LogP contribution in [0.25, 0.3) is 0 Å². The van der Waals surface area contributed by atoms with E-state index < -0.39 is 23.2 Å². The first kappa shape index (κ1) is 11.5. The molecule has 0 radical (unpaired) electrons. The molecule has 0 aliphatic rings. The SMILES string of the molecule is CONCc1cc(C(=O)O)c(F)cc1F. The van der Waals surface area contributed by atoms with Gasteiger partial charge in [-0.3, -0.25) is 0 Å². The average molecular weight is 217 g/mol. The Labute approximate surface area is 84.4 Å². The quantitative estimate of drug-likeness (QED) is 0.746. The zero-order chi connectivity index (χ0) is 11.4. The highest BCUT2D eigenvalue weighted by atomic mass is 19.1. The fourth-order valence-corrected chi connectivity index (χ4v) is 1.04. The summed E-state index contributed by atoms with van der Waals surface area (Å²) >= 11 is 0. The molecule has 4 nitrogen and oxygen atoms in total. The van der Waals surface area contributed by atoms with Crippen LogP contribution in [0.4, 0.5) is 8.78 Å². The summed E-state index contributed by atoms with van der Waals surface area (Å²) in [6.07, 6.45) is 0. The van der Waals surface area contributed by atoms with E-state index in [0.717, 1.165) is 6.07 Å². The fraction of sp³-hybridized carbons (Fsp3) is 0.222. The van der Waals surface area contributed by atoms with Crippen molar-refractivity contribution in [1.82, 2.24) is 5.48 Å². The first-order valence-electron chi connectivity index (χ1n) is 4.03. The lowest BCUT2D eigenvalue weighted by Crippen LogP contribution is -2.13. The molecule has 2 N–H and O–H groups in total. The van der Waals surface area contributed by atoms with E-state index in [9.17, 15) is 13.6 Å². The molecular weight excluding hydrogens is 208 g/mol. The second kappa shape index (κ2) is 4.81. The van der Waals surface area contributed by atoms with Gasteiger partial charge in [0.15, 0.2) is 0 Å². The zero-order valence-corrected chi connectivity index (χ0v) is 7.88. The molecule has 0 unspecified atom stereocenters. The van der Waals surface area contributed by atoms with Gasteiger partial charge in [-0.2, -0.15) is 5.48 Å². The number of hydrogen-bond acceptors (Lipinski definition) is 3. The number of carboxylic acids is 1. The summed E-state index contributed by atoms with van der Waals surface area (Å²) in [5, 5.41) is 8.59. The maximum atomic E-state index is 13.1. The van der Waals surface area contributed by atoms with Crippen molar-refractivity contribution in [3.63, 3.8) is 0 Å². The second-order valence-electron chi connectivity index (χ2n) is 2.75. The van der Waals surface area contributed by atoms with Gasteiger partial charge in [0.05, 0.1) is 12.7 Å². The Morgan fingerprint density at radius 1 is 1.47 bits per heavy atom. The first-order valence-corrected chi connectivity index (χ1v) is 4.03. The van der Waals surface area contributed by atoms with Crippen molar-refractivity contribution in [2.24, 2.45) is 0 Å². The number of rotatable bonds is 4. The number of halogens is 2. The highest BCUT2D eigenvalue weighted by molar-refractivity contribution is 5.88. The van der Waals surface area contributed by atoms with Gasteiger partial charge in [-0.25, -0.2) is 13.6 Å². The molecule has 82 valence electrons. The van der Waals surface area contributed by atoms with Crippen molar-refractivity contribution in [3.8, 4) is 0 Å². The van der Waals surface area contributed by atoms with E-state index in [-0.39, 0.29) is 12.1 Å². The monoisotopic (exact) mass is 217 g/mol. The lowest BCUT2D eigenvalue weighted by Gasteiger charge is -2.05. The average Bonchev–Trinajstić information content (AvgIpc) is 2.16. The molecule has 0 atom stereocenters. The molecule has 0 fully saturated rings. The second-order valence-corrected chi connectivity index (χ2v) is 2.75. The van der Waals surface area contributed by atoms with Gasteiger partial charge in [0.1, 0.15) is 11.6 Å². The lowest BCUT2D eigenvalue weighted by molar-refractivity contribution is 0.0690. The van der Waals surface area contributed by atoms with Crippen molar-refractivity contribution in [1.29, 1.82) is 0 Å². The summed E-state index contributed by atoms with van der Waals surface area (Å²) in [7, 11) is 1.33. The van der Waals surface area contributed by atoms with Crippen molar-refractivity contribution >= 4 is 5.97 Å². The molecule has 0 saturated carbocycles. The zero-order valence-electron chi connectivity index (χ0n) is 7.88. The Hall–Kier alpha value is -1.53. The normalized spacial score (nSPS) is 10.3. The van der Waals surface area contributed by atoms with E-state index in [2.05, 4.69) is 10.3 Å². The van der Waals surface area contributed by atoms with E-state index in [1.165, 1.54) is 7.11 Å². The van der Waals surface area contributed by atoms with Crippen LogP contribution in [0.3, 0.4) is 0 Å². The van der Waals surface area contributed by atoms with Crippen LogP contribution in [-0.2, 0) is 11.4 Å². The third-order valence-corrected chi connectivity index (χ3v) is 1.77. The van der Waals surface area contributed by atoms with Crippen molar-refractivity contribution < 1.29 is 23.5 Å². The maximum absolute atomic E-state index is 13.1. The summed E-state index contributed by atoms with van der Waals surface area (Å²) in [6, 6.07) is 1.47. The van der Waals surface area contributed by atoms with E-state index in [1.54, 1.807) is 0 Å². The molecule has 1 aromatic rings. The lowest BCUT2D eigenvalue weighted by atomic mass is 10.1. The molecule has 1 rings (SSSR count). The maximum Gasteiger partial charge on any atom is 0.338 e. The number of hydrogen-bond donors (Lipinski definition) is 2. The fourth-order valence-electron chi connectivity index (χ4n) is 1.04. The van der Waals surface area contributed by atoms with Crippen LogP contribution in [-0.4, -0.2) is 18.2 Å². The molecular formula is C9H9F2NO3. The highest BCUT2D eigenvalue weighted by Crippen LogP contribution is 2.15. The molecule has 0 saturated heterocycles. The molecule has 0 aliphatic carbocycles. The minimum atomic E-state index is -1.44. The van der Waals surface area contributed by atoms with Gasteiger partial charge >= 0.3 is 5.97 Å². The molecule has 0 bridgehead atoms. The Kier molecular flexibility index (Phi) is 3.70. The van der Waals surface area contributed by atoms with Crippen LogP contribution >= 0.6 is 0 Å². The Morgan fingerprint density at radius 3 is 2.67 bits per heavy atom. The Balaban J connectivity index is 3.06. The van der Waals surface area contributed by atoms with Gasteiger partial charge in [-0.05, 0) is 6.07 Å². The third-order valence-electron chi connectivity index (χ3n) is 1.77. The first-order chi connectivity index (χ1) is 7.06. The van der Waals surface area contributed by atoms with Crippen LogP contribution in [0.1, 0.15) is 15.9 Å². The summed E-state index contributed by atoms with van der Waals surface area (Å²) in [4.78, 5) is 15.0. The molecule has 6 heteroatoms. The number of benzene rings is 1. The molecule has 0 spiro atoms. The summed E-state index contributed by atoms with van der Waals surface area (Å²) in [6.45, 7) is -0.0388. The van der Waals surface area contributed by atoms with Crippen molar-refractivity contribution in [3.05, 3.63) is 34.9 Å². The molecule has 1 aromatic carbocycles.